The highest BCUT2D eigenvalue weighted by atomic mass is 32.2. The van der Waals surface area contributed by atoms with Gasteiger partial charge in [0.15, 0.2) is 5.16 Å². The normalized spacial score (nSPS) is 22.4. The molecule has 1 aliphatic heterocycles. The highest BCUT2D eigenvalue weighted by molar-refractivity contribution is 7.98. The first-order valence-corrected chi connectivity index (χ1v) is 8.12. The second-order valence-electron chi connectivity index (χ2n) is 5.52. The summed E-state index contributed by atoms with van der Waals surface area (Å²) in [5.74, 6) is 1.96. The average Bonchev–Trinajstić information content (AvgIpc) is 2.82. The van der Waals surface area contributed by atoms with Crippen molar-refractivity contribution in [3.05, 3.63) is 12.3 Å². The SMILES string of the molecule is CSc1nccc(N2CC(NC(C)=O)C(C(C)C)C2)n1. The molecule has 2 unspecified atom stereocenters. The first-order valence-electron chi connectivity index (χ1n) is 6.90. The van der Waals surface area contributed by atoms with Gasteiger partial charge >= 0.3 is 0 Å². The number of aromatic nitrogens is 2. The third-order valence-corrected chi connectivity index (χ3v) is 4.30. The molecule has 6 heteroatoms. The minimum atomic E-state index is 0.0370. The van der Waals surface area contributed by atoms with Gasteiger partial charge in [-0.3, -0.25) is 4.79 Å². The van der Waals surface area contributed by atoms with Gasteiger partial charge in [0.1, 0.15) is 5.82 Å². The summed E-state index contributed by atoms with van der Waals surface area (Å²) in [6, 6.07) is 2.13. The highest BCUT2D eigenvalue weighted by Gasteiger charge is 2.35. The van der Waals surface area contributed by atoms with Crippen molar-refractivity contribution in [2.45, 2.75) is 32.0 Å². The van der Waals surface area contributed by atoms with E-state index >= 15 is 0 Å². The molecule has 0 bridgehead atoms. The van der Waals surface area contributed by atoms with Gasteiger partial charge in [0.2, 0.25) is 5.91 Å². The van der Waals surface area contributed by atoms with E-state index in [1.807, 2.05) is 12.3 Å². The number of rotatable bonds is 4. The topological polar surface area (TPSA) is 58.1 Å². The van der Waals surface area contributed by atoms with Crippen molar-refractivity contribution in [1.29, 1.82) is 0 Å². The van der Waals surface area contributed by atoms with Crippen molar-refractivity contribution in [1.82, 2.24) is 15.3 Å². The third kappa shape index (κ3) is 3.42. The van der Waals surface area contributed by atoms with Gasteiger partial charge in [-0.2, -0.15) is 0 Å². The highest BCUT2D eigenvalue weighted by Crippen LogP contribution is 2.28. The number of nitrogens with one attached hydrogen (secondary N) is 1. The summed E-state index contributed by atoms with van der Waals surface area (Å²) in [6.07, 6.45) is 3.77. The van der Waals surface area contributed by atoms with Crippen LogP contribution < -0.4 is 10.2 Å². The van der Waals surface area contributed by atoms with Crippen LogP contribution in [0.4, 0.5) is 5.82 Å². The molecule has 1 saturated heterocycles. The van der Waals surface area contributed by atoms with Gasteiger partial charge in [0.25, 0.3) is 0 Å². The van der Waals surface area contributed by atoms with Crippen molar-refractivity contribution < 1.29 is 4.79 Å². The summed E-state index contributed by atoms with van der Waals surface area (Å²) in [5, 5.41) is 3.86. The Morgan fingerprint density at radius 2 is 2.25 bits per heavy atom. The Bertz CT molecular complexity index is 480. The molecule has 1 fully saturated rings. The zero-order valence-electron chi connectivity index (χ0n) is 12.5. The van der Waals surface area contributed by atoms with Crippen molar-refractivity contribution in [2.24, 2.45) is 11.8 Å². The van der Waals surface area contributed by atoms with Crippen LogP contribution in [0.3, 0.4) is 0 Å². The van der Waals surface area contributed by atoms with Crippen LogP contribution in [-0.4, -0.2) is 41.3 Å². The second-order valence-corrected chi connectivity index (χ2v) is 6.29. The number of carbonyl (C=O) groups excluding carboxylic acids is 1. The second kappa shape index (κ2) is 6.43. The zero-order valence-corrected chi connectivity index (χ0v) is 13.3. The number of carbonyl (C=O) groups is 1. The fraction of sp³-hybridized carbons (Fsp3) is 0.643. The summed E-state index contributed by atoms with van der Waals surface area (Å²) in [4.78, 5) is 22.3. The molecule has 2 rings (SSSR count). The molecular weight excluding hydrogens is 272 g/mol. The average molecular weight is 294 g/mol. The molecule has 0 radical (unpaired) electrons. The quantitative estimate of drug-likeness (QED) is 0.678. The van der Waals surface area contributed by atoms with E-state index in [1.54, 1.807) is 24.9 Å². The Kier molecular flexibility index (Phi) is 4.86. The van der Waals surface area contributed by atoms with Crippen LogP contribution in [0.15, 0.2) is 17.4 Å². The van der Waals surface area contributed by atoms with E-state index in [1.165, 1.54) is 0 Å². The van der Waals surface area contributed by atoms with E-state index in [0.717, 1.165) is 24.1 Å². The van der Waals surface area contributed by atoms with Gasteiger partial charge < -0.3 is 10.2 Å². The fourth-order valence-electron chi connectivity index (χ4n) is 2.71. The first kappa shape index (κ1) is 15.1. The van der Waals surface area contributed by atoms with E-state index < -0.39 is 0 Å². The largest absolute Gasteiger partial charge is 0.354 e. The Labute approximate surface area is 124 Å². The molecular formula is C14H22N4OS. The predicted octanol–water partition coefficient (Wildman–Crippen LogP) is 1.80. The number of amides is 1. The Balaban J connectivity index is 2.16. The number of anilines is 1. The van der Waals surface area contributed by atoms with Gasteiger partial charge in [-0.1, -0.05) is 25.6 Å². The number of nitrogens with zero attached hydrogens (tertiary/aromatic N) is 3. The molecule has 110 valence electrons. The molecule has 0 aromatic carbocycles. The van der Waals surface area contributed by atoms with Crippen LogP contribution in [-0.2, 0) is 4.79 Å². The lowest BCUT2D eigenvalue weighted by Crippen LogP contribution is -2.40. The molecule has 20 heavy (non-hydrogen) atoms. The minimum absolute atomic E-state index is 0.0370. The van der Waals surface area contributed by atoms with E-state index in [2.05, 4.69) is 34.0 Å². The molecule has 1 aromatic heterocycles. The zero-order chi connectivity index (χ0) is 14.7. The molecule has 0 saturated carbocycles. The van der Waals surface area contributed by atoms with Crippen LogP contribution >= 0.6 is 11.8 Å². The van der Waals surface area contributed by atoms with E-state index in [4.69, 9.17) is 0 Å². The Morgan fingerprint density at radius 3 is 2.85 bits per heavy atom. The maximum absolute atomic E-state index is 11.4. The number of hydrogen-bond donors (Lipinski definition) is 1. The van der Waals surface area contributed by atoms with Crippen LogP contribution in [0, 0.1) is 11.8 Å². The third-order valence-electron chi connectivity index (χ3n) is 3.74. The monoisotopic (exact) mass is 294 g/mol. The summed E-state index contributed by atoms with van der Waals surface area (Å²) in [5.41, 5.74) is 0. The maximum atomic E-state index is 11.4. The summed E-state index contributed by atoms with van der Waals surface area (Å²) in [6.45, 7) is 7.73. The molecule has 2 atom stereocenters. The van der Waals surface area contributed by atoms with Crippen molar-refractivity contribution in [2.75, 3.05) is 24.2 Å². The lowest BCUT2D eigenvalue weighted by molar-refractivity contribution is -0.119. The summed E-state index contributed by atoms with van der Waals surface area (Å²) < 4.78 is 0. The van der Waals surface area contributed by atoms with Gasteiger partial charge in [-0.25, -0.2) is 9.97 Å². The standard InChI is InChI=1S/C14H22N4OS/c1-9(2)11-7-18(8-12(11)16-10(3)19)13-5-6-15-14(17-13)20-4/h5-6,9,11-12H,7-8H2,1-4H3,(H,16,19). The van der Waals surface area contributed by atoms with Gasteiger partial charge in [-0.15, -0.1) is 0 Å². The summed E-state index contributed by atoms with van der Waals surface area (Å²) >= 11 is 1.54. The summed E-state index contributed by atoms with van der Waals surface area (Å²) in [7, 11) is 0. The Morgan fingerprint density at radius 1 is 1.50 bits per heavy atom. The van der Waals surface area contributed by atoms with Gasteiger partial charge in [-0.05, 0) is 18.2 Å². The molecule has 1 aliphatic rings. The van der Waals surface area contributed by atoms with Crippen molar-refractivity contribution in [3.63, 3.8) is 0 Å². The van der Waals surface area contributed by atoms with Crippen LogP contribution in [0.1, 0.15) is 20.8 Å². The van der Waals surface area contributed by atoms with Crippen molar-refractivity contribution in [3.8, 4) is 0 Å². The molecule has 2 heterocycles. The fourth-order valence-corrected chi connectivity index (χ4v) is 3.06. The van der Waals surface area contributed by atoms with Crippen LogP contribution in [0.5, 0.6) is 0 Å². The lowest BCUT2D eigenvalue weighted by atomic mass is 9.91. The van der Waals surface area contributed by atoms with Crippen LogP contribution in [0.25, 0.3) is 0 Å². The first-order chi connectivity index (χ1) is 9.51. The predicted molar refractivity (Wildman–Crippen MR) is 82.0 cm³/mol. The van der Waals surface area contributed by atoms with E-state index in [9.17, 15) is 4.79 Å². The molecule has 1 N–H and O–H groups in total. The van der Waals surface area contributed by atoms with E-state index in [0.29, 0.717) is 11.8 Å². The number of hydrogen-bond acceptors (Lipinski definition) is 5. The minimum Gasteiger partial charge on any atom is -0.354 e. The van der Waals surface area contributed by atoms with Crippen LogP contribution in [0.2, 0.25) is 0 Å². The van der Waals surface area contributed by atoms with E-state index in [-0.39, 0.29) is 11.9 Å². The lowest BCUT2D eigenvalue weighted by Gasteiger charge is -2.21. The van der Waals surface area contributed by atoms with Gasteiger partial charge in [0.05, 0.1) is 6.04 Å². The van der Waals surface area contributed by atoms with Crippen molar-refractivity contribution >= 4 is 23.5 Å². The smallest absolute Gasteiger partial charge is 0.217 e. The van der Waals surface area contributed by atoms with Gasteiger partial charge in [0, 0.05) is 32.1 Å². The molecule has 1 aromatic rings. The number of thioether (sulfide) groups is 1. The molecule has 5 nitrogen and oxygen atoms in total. The Hall–Kier alpha value is -1.30. The molecule has 1 amide bonds. The molecule has 0 aliphatic carbocycles. The maximum Gasteiger partial charge on any atom is 0.217 e. The molecule has 0 spiro atoms.